The van der Waals surface area contributed by atoms with Gasteiger partial charge in [0, 0.05) is 18.1 Å². The topological polar surface area (TPSA) is 15.3 Å². The van der Waals surface area contributed by atoms with E-state index in [2.05, 4.69) is 31.1 Å². The Morgan fingerprint density at radius 2 is 1.79 bits per heavy atom. The Morgan fingerprint density at radius 3 is 2.58 bits per heavy atom. The van der Waals surface area contributed by atoms with Crippen molar-refractivity contribution in [3.8, 4) is 0 Å². The van der Waals surface area contributed by atoms with E-state index in [0.29, 0.717) is 0 Å². The molecule has 0 aromatic rings. The summed E-state index contributed by atoms with van der Waals surface area (Å²) in [6.45, 7) is 6.30. The van der Waals surface area contributed by atoms with Gasteiger partial charge in [0.2, 0.25) is 0 Å². The van der Waals surface area contributed by atoms with Crippen LogP contribution in [0.3, 0.4) is 0 Å². The average molecular weight is 264 g/mol. The lowest BCUT2D eigenvalue weighted by molar-refractivity contribution is -0.00134. The number of nitrogens with one attached hydrogen (secondary N) is 1. The van der Waals surface area contributed by atoms with Crippen molar-refractivity contribution in [3.05, 3.63) is 0 Å². The maximum atomic E-state index is 3.65. The number of likely N-dealkylation sites (tertiary alicyclic amines) is 1. The molecule has 2 saturated carbocycles. The summed E-state index contributed by atoms with van der Waals surface area (Å²) in [4.78, 5) is 2.94. The first-order valence-corrected chi connectivity index (χ1v) is 8.63. The van der Waals surface area contributed by atoms with Gasteiger partial charge in [-0.25, -0.2) is 0 Å². The SMILES string of the molecule is CNC1CC(C)CC(C)C1N1CCCC2CCCC21. The van der Waals surface area contributed by atoms with Gasteiger partial charge >= 0.3 is 0 Å². The van der Waals surface area contributed by atoms with Crippen molar-refractivity contribution in [1.82, 2.24) is 10.2 Å². The first-order valence-electron chi connectivity index (χ1n) is 8.63. The molecule has 19 heavy (non-hydrogen) atoms. The predicted octanol–water partition coefficient (Wildman–Crippen LogP) is 3.27. The van der Waals surface area contributed by atoms with Crippen molar-refractivity contribution in [3.63, 3.8) is 0 Å². The molecule has 0 spiro atoms. The molecule has 0 aromatic heterocycles. The zero-order chi connectivity index (χ0) is 13.4. The minimum Gasteiger partial charge on any atom is -0.315 e. The lowest BCUT2D eigenvalue weighted by Crippen LogP contribution is -2.60. The first kappa shape index (κ1) is 13.9. The Morgan fingerprint density at radius 1 is 1.00 bits per heavy atom. The summed E-state index contributed by atoms with van der Waals surface area (Å²) in [5, 5.41) is 3.65. The lowest BCUT2D eigenvalue weighted by atomic mass is 9.74. The molecule has 2 aliphatic carbocycles. The summed E-state index contributed by atoms with van der Waals surface area (Å²) in [6, 6.07) is 2.44. The fourth-order valence-electron chi connectivity index (χ4n) is 5.55. The summed E-state index contributed by atoms with van der Waals surface area (Å²) in [6.07, 6.45) is 10.2. The summed E-state index contributed by atoms with van der Waals surface area (Å²) in [5.74, 6) is 2.78. The normalized spacial score (nSPS) is 48.2. The smallest absolute Gasteiger partial charge is 0.0278 e. The van der Waals surface area contributed by atoms with E-state index in [4.69, 9.17) is 0 Å². The highest BCUT2D eigenvalue weighted by molar-refractivity contribution is 4.99. The van der Waals surface area contributed by atoms with Gasteiger partial charge in [0.05, 0.1) is 0 Å². The maximum absolute atomic E-state index is 3.65. The molecule has 3 aliphatic rings. The molecule has 2 nitrogen and oxygen atoms in total. The first-order chi connectivity index (χ1) is 9.20. The van der Waals surface area contributed by atoms with Gasteiger partial charge < -0.3 is 5.32 Å². The van der Waals surface area contributed by atoms with Gasteiger partial charge in [0.1, 0.15) is 0 Å². The Labute approximate surface area is 119 Å². The quantitative estimate of drug-likeness (QED) is 0.823. The van der Waals surface area contributed by atoms with Gasteiger partial charge in [-0.3, -0.25) is 4.90 Å². The van der Waals surface area contributed by atoms with E-state index in [1.807, 2.05) is 0 Å². The minimum atomic E-state index is 0.720. The highest BCUT2D eigenvalue weighted by atomic mass is 15.2. The van der Waals surface area contributed by atoms with Crippen LogP contribution in [0.5, 0.6) is 0 Å². The molecule has 0 aromatic carbocycles. The molecular formula is C17H32N2. The van der Waals surface area contributed by atoms with Gasteiger partial charge in [-0.2, -0.15) is 0 Å². The molecule has 0 amide bonds. The van der Waals surface area contributed by atoms with E-state index >= 15 is 0 Å². The summed E-state index contributed by atoms with van der Waals surface area (Å²) < 4.78 is 0. The van der Waals surface area contributed by atoms with Gasteiger partial charge in [-0.1, -0.05) is 20.3 Å². The van der Waals surface area contributed by atoms with Crippen LogP contribution in [0.15, 0.2) is 0 Å². The summed E-state index contributed by atoms with van der Waals surface area (Å²) in [5.41, 5.74) is 0. The van der Waals surface area contributed by atoms with Gasteiger partial charge in [0.15, 0.2) is 0 Å². The Kier molecular flexibility index (Phi) is 4.19. The monoisotopic (exact) mass is 264 g/mol. The number of piperidine rings is 1. The number of nitrogens with zero attached hydrogens (tertiary/aromatic N) is 1. The largest absolute Gasteiger partial charge is 0.315 e. The Hall–Kier alpha value is -0.0800. The van der Waals surface area contributed by atoms with Crippen LogP contribution < -0.4 is 5.32 Å². The van der Waals surface area contributed by atoms with Crippen LogP contribution in [-0.4, -0.2) is 36.6 Å². The molecule has 110 valence electrons. The number of likely N-dealkylation sites (N-methyl/N-ethyl adjacent to an activating group) is 1. The van der Waals surface area contributed by atoms with Crippen molar-refractivity contribution in [2.45, 2.75) is 76.9 Å². The molecule has 3 rings (SSSR count). The third-order valence-corrected chi connectivity index (χ3v) is 6.22. The summed E-state index contributed by atoms with van der Waals surface area (Å²) in [7, 11) is 2.18. The maximum Gasteiger partial charge on any atom is 0.0278 e. The molecular weight excluding hydrogens is 232 g/mol. The second-order valence-electron chi connectivity index (χ2n) is 7.58. The van der Waals surface area contributed by atoms with Crippen LogP contribution in [0, 0.1) is 17.8 Å². The molecule has 6 atom stereocenters. The van der Waals surface area contributed by atoms with E-state index in [1.165, 1.54) is 51.5 Å². The fourth-order valence-corrected chi connectivity index (χ4v) is 5.55. The standard InChI is InChI=1S/C17H32N2/c1-12-10-13(2)17(15(11-12)18-3)19-9-5-7-14-6-4-8-16(14)19/h12-18H,4-11H2,1-3H3. The number of rotatable bonds is 2. The van der Waals surface area contributed by atoms with E-state index in [-0.39, 0.29) is 0 Å². The van der Waals surface area contributed by atoms with E-state index in [9.17, 15) is 0 Å². The molecule has 1 N–H and O–H groups in total. The van der Waals surface area contributed by atoms with Crippen LogP contribution in [0.2, 0.25) is 0 Å². The number of fused-ring (bicyclic) bond motifs is 1. The van der Waals surface area contributed by atoms with E-state index in [0.717, 1.165) is 35.9 Å². The molecule has 0 radical (unpaired) electrons. The molecule has 1 heterocycles. The second kappa shape index (κ2) is 5.73. The van der Waals surface area contributed by atoms with Gasteiger partial charge in [-0.15, -0.1) is 0 Å². The van der Waals surface area contributed by atoms with E-state index < -0.39 is 0 Å². The van der Waals surface area contributed by atoms with Crippen molar-refractivity contribution < 1.29 is 0 Å². The number of hydrogen-bond acceptors (Lipinski definition) is 2. The lowest BCUT2D eigenvalue weighted by Gasteiger charge is -2.51. The van der Waals surface area contributed by atoms with E-state index in [1.54, 1.807) is 0 Å². The van der Waals surface area contributed by atoms with Crippen LogP contribution in [0.1, 0.15) is 58.8 Å². The third-order valence-electron chi connectivity index (χ3n) is 6.22. The average Bonchev–Trinajstić information content (AvgIpc) is 2.86. The molecule has 2 heteroatoms. The zero-order valence-electron chi connectivity index (χ0n) is 13.1. The fraction of sp³-hybridized carbons (Fsp3) is 1.00. The highest BCUT2D eigenvalue weighted by Crippen LogP contribution is 2.42. The molecule has 1 aliphatic heterocycles. The van der Waals surface area contributed by atoms with Crippen LogP contribution in [-0.2, 0) is 0 Å². The third kappa shape index (κ3) is 2.58. The minimum absolute atomic E-state index is 0.720. The molecule has 1 saturated heterocycles. The Bertz CT molecular complexity index is 304. The molecule has 0 bridgehead atoms. The van der Waals surface area contributed by atoms with Crippen molar-refractivity contribution in [1.29, 1.82) is 0 Å². The van der Waals surface area contributed by atoms with Crippen LogP contribution in [0.25, 0.3) is 0 Å². The van der Waals surface area contributed by atoms with Crippen LogP contribution in [0.4, 0.5) is 0 Å². The molecule has 3 fully saturated rings. The second-order valence-corrected chi connectivity index (χ2v) is 7.58. The zero-order valence-corrected chi connectivity index (χ0v) is 13.1. The Balaban J connectivity index is 1.78. The van der Waals surface area contributed by atoms with Gasteiger partial charge in [0.25, 0.3) is 0 Å². The van der Waals surface area contributed by atoms with Gasteiger partial charge in [-0.05, 0) is 69.9 Å². The number of hydrogen-bond donors (Lipinski definition) is 1. The van der Waals surface area contributed by atoms with Crippen molar-refractivity contribution in [2.24, 2.45) is 17.8 Å². The predicted molar refractivity (Wildman–Crippen MR) is 81.3 cm³/mol. The summed E-state index contributed by atoms with van der Waals surface area (Å²) >= 11 is 0. The van der Waals surface area contributed by atoms with Crippen LogP contribution >= 0.6 is 0 Å². The molecule has 6 unspecified atom stereocenters. The highest BCUT2D eigenvalue weighted by Gasteiger charge is 2.44. The van der Waals surface area contributed by atoms with Crippen molar-refractivity contribution in [2.75, 3.05) is 13.6 Å². The van der Waals surface area contributed by atoms with Crippen molar-refractivity contribution >= 4 is 0 Å².